The van der Waals surface area contributed by atoms with Gasteiger partial charge in [0, 0.05) is 6.21 Å². The monoisotopic (exact) mass is 369 g/mol. The van der Waals surface area contributed by atoms with Crippen molar-refractivity contribution in [3.63, 3.8) is 0 Å². The molecule has 3 rings (SSSR count). The van der Waals surface area contributed by atoms with Crippen LogP contribution in [0.15, 0.2) is 53.5 Å². The Morgan fingerprint density at radius 2 is 2.00 bits per heavy atom. The van der Waals surface area contributed by atoms with Crippen LogP contribution in [0.1, 0.15) is 15.9 Å². The van der Waals surface area contributed by atoms with Crippen LogP contribution in [0, 0.1) is 0 Å². The van der Waals surface area contributed by atoms with Crippen LogP contribution in [0.2, 0.25) is 5.02 Å². The summed E-state index contributed by atoms with van der Waals surface area (Å²) in [5, 5.41) is 10.3. The highest BCUT2D eigenvalue weighted by atomic mass is 35.5. The molecule has 0 spiro atoms. The number of aromatic amines is 1. The quantitative estimate of drug-likeness (QED) is 0.576. The summed E-state index contributed by atoms with van der Waals surface area (Å²) in [6.07, 6.45) is 1.58. The summed E-state index contributed by atoms with van der Waals surface area (Å²) < 4.78 is 5.11. The van der Waals surface area contributed by atoms with Crippen molar-refractivity contribution in [3.05, 3.63) is 64.7 Å². The maximum Gasteiger partial charge on any atom is 0.256 e. The number of anilines is 2. The van der Waals surface area contributed by atoms with Gasteiger partial charge in [-0.2, -0.15) is 5.10 Å². The van der Waals surface area contributed by atoms with E-state index in [9.17, 15) is 4.79 Å². The van der Waals surface area contributed by atoms with Gasteiger partial charge in [0.15, 0.2) is 5.82 Å². The first-order valence-corrected chi connectivity index (χ1v) is 8.04. The molecule has 1 aromatic heterocycles. The number of rotatable bonds is 6. The first-order chi connectivity index (χ1) is 12.6. The predicted molar refractivity (Wildman–Crippen MR) is 102 cm³/mol. The molecule has 0 radical (unpaired) electrons. The number of nitrogens with zero attached hydrogens (tertiary/aromatic N) is 2. The molecule has 0 aliphatic carbocycles. The summed E-state index contributed by atoms with van der Waals surface area (Å²) in [6.45, 7) is 0. The van der Waals surface area contributed by atoms with Crippen molar-refractivity contribution in [3.8, 4) is 5.75 Å². The number of nitrogens with two attached hydrogens (primary N) is 1. The number of ether oxygens (including phenoxy) is 1. The van der Waals surface area contributed by atoms with E-state index in [-0.39, 0.29) is 11.4 Å². The maximum atomic E-state index is 11.9. The Hall–Kier alpha value is -3.32. The van der Waals surface area contributed by atoms with E-state index in [4.69, 9.17) is 22.1 Å². The van der Waals surface area contributed by atoms with Crippen LogP contribution in [0.25, 0.3) is 0 Å². The number of methoxy groups -OCH3 is 1. The van der Waals surface area contributed by atoms with Crippen LogP contribution in [0.3, 0.4) is 0 Å². The summed E-state index contributed by atoms with van der Waals surface area (Å²) in [6, 6.07) is 14.4. The molecule has 0 atom stereocenters. The molecule has 0 fully saturated rings. The Kier molecular flexibility index (Phi) is 5.19. The average Bonchev–Trinajstić information content (AvgIpc) is 3.05. The molecule has 4 N–H and O–H groups in total. The summed E-state index contributed by atoms with van der Waals surface area (Å²) >= 11 is 6.13. The largest absolute Gasteiger partial charge is 0.497 e. The van der Waals surface area contributed by atoms with Crippen LogP contribution in [-0.4, -0.2) is 29.4 Å². The number of amides is 1. The average molecular weight is 370 g/mol. The number of hydrogen-bond donors (Lipinski definition) is 3. The Bertz CT molecular complexity index is 950. The van der Waals surface area contributed by atoms with E-state index in [1.54, 1.807) is 31.5 Å². The molecule has 1 amide bonds. The normalized spacial score (nSPS) is 10.8. The Labute approximate surface area is 154 Å². The highest BCUT2D eigenvalue weighted by Gasteiger charge is 2.18. The van der Waals surface area contributed by atoms with Crippen LogP contribution in [0.4, 0.5) is 17.3 Å². The third kappa shape index (κ3) is 3.84. The number of aliphatic imine (C=N–C) groups is 1. The van der Waals surface area contributed by atoms with Crippen molar-refractivity contribution in [2.75, 3.05) is 12.4 Å². The minimum atomic E-state index is -0.657. The molecular formula is C18H16ClN5O2. The lowest BCUT2D eigenvalue weighted by molar-refractivity contribution is 0.100. The van der Waals surface area contributed by atoms with Gasteiger partial charge in [-0.25, -0.2) is 4.99 Å². The number of para-hydroxylation sites is 1. The zero-order chi connectivity index (χ0) is 18.5. The summed E-state index contributed by atoms with van der Waals surface area (Å²) in [7, 11) is 1.60. The number of nitrogens with one attached hydrogen (secondary N) is 2. The van der Waals surface area contributed by atoms with Crippen molar-refractivity contribution in [1.29, 1.82) is 0 Å². The van der Waals surface area contributed by atoms with Gasteiger partial charge < -0.3 is 15.8 Å². The molecule has 8 heteroatoms. The fraction of sp³-hybridized carbons (Fsp3) is 0.0556. The fourth-order valence-corrected chi connectivity index (χ4v) is 2.46. The van der Waals surface area contributed by atoms with Gasteiger partial charge in [-0.15, -0.1) is 0 Å². The number of primary amides is 1. The van der Waals surface area contributed by atoms with Crippen molar-refractivity contribution < 1.29 is 9.53 Å². The van der Waals surface area contributed by atoms with E-state index in [0.29, 0.717) is 16.5 Å². The topological polar surface area (TPSA) is 105 Å². The van der Waals surface area contributed by atoms with Gasteiger partial charge in [0.2, 0.25) is 0 Å². The van der Waals surface area contributed by atoms with Gasteiger partial charge in [0.05, 0.1) is 17.8 Å². The van der Waals surface area contributed by atoms with Crippen LogP contribution in [0.5, 0.6) is 5.75 Å². The standard InChI is InChI=1S/C18H16ClN5O2/c1-26-12-8-6-11(7-9-12)10-21-17-15(16(20)25)18(24-23-17)22-14-5-3-2-4-13(14)19/h2-10H,1H3,(H2,20,25)(H2,22,23,24). The molecule has 0 saturated heterocycles. The van der Waals surface area contributed by atoms with E-state index in [1.807, 2.05) is 30.3 Å². The number of carbonyl (C=O) groups excluding carboxylic acids is 1. The number of benzene rings is 2. The third-order valence-electron chi connectivity index (χ3n) is 3.58. The Morgan fingerprint density at radius 3 is 2.65 bits per heavy atom. The second-order valence-electron chi connectivity index (χ2n) is 5.30. The Balaban J connectivity index is 1.88. The minimum absolute atomic E-state index is 0.148. The van der Waals surface area contributed by atoms with Gasteiger partial charge in [0.25, 0.3) is 5.91 Å². The van der Waals surface area contributed by atoms with E-state index < -0.39 is 5.91 Å². The lowest BCUT2D eigenvalue weighted by atomic mass is 10.2. The Morgan fingerprint density at radius 1 is 1.27 bits per heavy atom. The highest BCUT2D eigenvalue weighted by molar-refractivity contribution is 6.33. The third-order valence-corrected chi connectivity index (χ3v) is 3.91. The molecule has 0 unspecified atom stereocenters. The molecule has 0 saturated carbocycles. The van der Waals surface area contributed by atoms with Crippen molar-refractivity contribution in [2.45, 2.75) is 0 Å². The zero-order valence-electron chi connectivity index (χ0n) is 13.9. The second kappa shape index (κ2) is 7.71. The molecule has 7 nitrogen and oxygen atoms in total. The SMILES string of the molecule is COc1ccc(C=Nc2n[nH]c(Nc3ccccc3Cl)c2C(N)=O)cc1. The predicted octanol–water partition coefficient (Wildman–Crippen LogP) is 3.66. The smallest absolute Gasteiger partial charge is 0.256 e. The highest BCUT2D eigenvalue weighted by Crippen LogP contribution is 2.29. The lowest BCUT2D eigenvalue weighted by Crippen LogP contribution is -2.12. The van der Waals surface area contributed by atoms with Gasteiger partial charge >= 0.3 is 0 Å². The fourth-order valence-electron chi connectivity index (χ4n) is 2.27. The van der Waals surface area contributed by atoms with Crippen LogP contribution in [-0.2, 0) is 0 Å². The van der Waals surface area contributed by atoms with Gasteiger partial charge in [-0.05, 0) is 42.0 Å². The number of H-pyrrole nitrogens is 1. The van der Waals surface area contributed by atoms with Crippen molar-refractivity contribution in [2.24, 2.45) is 10.7 Å². The number of halogens is 1. The van der Waals surface area contributed by atoms with Crippen molar-refractivity contribution in [1.82, 2.24) is 10.2 Å². The summed E-state index contributed by atoms with van der Waals surface area (Å²) in [5.41, 5.74) is 7.08. The lowest BCUT2D eigenvalue weighted by Gasteiger charge is -2.06. The number of carbonyl (C=O) groups is 1. The van der Waals surface area contributed by atoms with Crippen LogP contribution >= 0.6 is 11.6 Å². The maximum absolute atomic E-state index is 11.9. The van der Waals surface area contributed by atoms with Gasteiger partial charge in [-0.3, -0.25) is 9.89 Å². The van der Waals surface area contributed by atoms with Gasteiger partial charge in [0.1, 0.15) is 17.1 Å². The number of aromatic nitrogens is 2. The van der Waals surface area contributed by atoms with Gasteiger partial charge in [-0.1, -0.05) is 23.7 Å². The van der Waals surface area contributed by atoms with E-state index in [2.05, 4.69) is 20.5 Å². The minimum Gasteiger partial charge on any atom is -0.497 e. The molecule has 1 heterocycles. The van der Waals surface area contributed by atoms with E-state index >= 15 is 0 Å². The molecule has 0 aliphatic rings. The first-order valence-electron chi connectivity index (χ1n) is 7.66. The van der Waals surface area contributed by atoms with Crippen molar-refractivity contribution >= 4 is 41.0 Å². The molecule has 26 heavy (non-hydrogen) atoms. The molecule has 0 aliphatic heterocycles. The number of hydrogen-bond acceptors (Lipinski definition) is 5. The second-order valence-corrected chi connectivity index (χ2v) is 5.70. The molecule has 0 bridgehead atoms. The summed E-state index contributed by atoms with van der Waals surface area (Å²) in [5.74, 6) is 0.594. The first kappa shape index (κ1) is 17.5. The van der Waals surface area contributed by atoms with E-state index in [1.165, 1.54) is 0 Å². The molecular weight excluding hydrogens is 354 g/mol. The zero-order valence-corrected chi connectivity index (χ0v) is 14.6. The molecule has 2 aromatic carbocycles. The van der Waals surface area contributed by atoms with E-state index in [0.717, 1.165) is 11.3 Å². The molecule has 3 aromatic rings. The summed E-state index contributed by atoms with van der Waals surface area (Å²) in [4.78, 5) is 16.1. The molecule has 132 valence electrons. The van der Waals surface area contributed by atoms with Crippen LogP contribution < -0.4 is 15.8 Å².